The fourth-order valence-electron chi connectivity index (χ4n) is 1.61. The molecule has 0 fully saturated rings. The Bertz CT molecular complexity index is 659. The van der Waals surface area contributed by atoms with E-state index in [0.717, 1.165) is 6.07 Å². The van der Waals surface area contributed by atoms with Crippen molar-refractivity contribution in [1.82, 2.24) is 0 Å². The molecule has 2 aromatic carbocycles. The summed E-state index contributed by atoms with van der Waals surface area (Å²) in [5.41, 5.74) is -0.0413. The first-order valence-corrected chi connectivity index (χ1v) is 6.37. The maximum absolute atomic E-state index is 13.4. The lowest BCUT2D eigenvalue weighted by Crippen LogP contribution is -2.05. The predicted octanol–water partition coefficient (Wildman–Crippen LogP) is 4.00. The van der Waals surface area contributed by atoms with Crippen molar-refractivity contribution in [3.05, 3.63) is 63.6 Å². The molecule has 0 aliphatic rings. The second kappa shape index (κ2) is 6.00. The highest BCUT2D eigenvalue weighted by Crippen LogP contribution is 2.24. The van der Waals surface area contributed by atoms with Gasteiger partial charge in [0.1, 0.15) is 17.9 Å². The maximum Gasteiger partial charge on any atom is 0.339 e. The van der Waals surface area contributed by atoms with Crippen LogP contribution in [0.1, 0.15) is 15.9 Å². The minimum Gasteiger partial charge on any atom is -0.488 e. The quantitative estimate of drug-likeness (QED) is 0.913. The Hall–Kier alpha value is -1.95. The molecule has 20 heavy (non-hydrogen) atoms. The normalized spacial score (nSPS) is 10.3. The molecule has 0 aromatic heterocycles. The summed E-state index contributed by atoms with van der Waals surface area (Å²) in [5.74, 6) is -3.05. The first kappa shape index (κ1) is 14.5. The van der Waals surface area contributed by atoms with Crippen molar-refractivity contribution >= 4 is 21.9 Å². The zero-order valence-electron chi connectivity index (χ0n) is 10.1. The predicted molar refractivity (Wildman–Crippen MR) is 71.8 cm³/mol. The topological polar surface area (TPSA) is 46.5 Å². The smallest absolute Gasteiger partial charge is 0.339 e. The summed E-state index contributed by atoms with van der Waals surface area (Å²) in [6.07, 6.45) is 0. The average Bonchev–Trinajstić information content (AvgIpc) is 2.41. The van der Waals surface area contributed by atoms with Crippen LogP contribution in [0, 0.1) is 11.6 Å². The number of carboxylic acids is 1. The molecule has 0 unspecified atom stereocenters. The SMILES string of the molecule is O=C(O)c1cc(Br)ccc1OCc1cccc(F)c1F. The summed E-state index contributed by atoms with van der Waals surface area (Å²) in [6, 6.07) is 8.16. The van der Waals surface area contributed by atoms with Crippen LogP contribution in [-0.4, -0.2) is 11.1 Å². The van der Waals surface area contributed by atoms with Crippen molar-refractivity contribution in [2.45, 2.75) is 6.61 Å². The molecule has 0 saturated carbocycles. The molecule has 0 heterocycles. The molecule has 6 heteroatoms. The second-order valence-electron chi connectivity index (χ2n) is 3.95. The zero-order valence-corrected chi connectivity index (χ0v) is 11.7. The molecule has 0 atom stereocenters. The molecule has 0 aliphatic carbocycles. The largest absolute Gasteiger partial charge is 0.488 e. The molecule has 0 amide bonds. The van der Waals surface area contributed by atoms with Gasteiger partial charge in [-0.2, -0.15) is 0 Å². The number of carboxylic acid groups (broad SMARTS) is 1. The fourth-order valence-corrected chi connectivity index (χ4v) is 1.97. The molecule has 2 rings (SSSR count). The van der Waals surface area contributed by atoms with Crippen molar-refractivity contribution in [1.29, 1.82) is 0 Å². The second-order valence-corrected chi connectivity index (χ2v) is 4.86. The number of rotatable bonds is 4. The van der Waals surface area contributed by atoms with E-state index < -0.39 is 17.6 Å². The molecule has 0 spiro atoms. The molecule has 1 N–H and O–H groups in total. The van der Waals surface area contributed by atoms with Gasteiger partial charge in [-0.25, -0.2) is 13.6 Å². The van der Waals surface area contributed by atoms with Crippen molar-refractivity contribution in [3.63, 3.8) is 0 Å². The van der Waals surface area contributed by atoms with E-state index in [9.17, 15) is 13.6 Å². The molecular formula is C14H9BrF2O3. The molecule has 104 valence electrons. The Kier molecular flexibility index (Phi) is 4.34. The molecule has 0 radical (unpaired) electrons. The minimum absolute atomic E-state index is 0.0178. The Morgan fingerprint density at radius 2 is 2.00 bits per heavy atom. The molecule has 3 nitrogen and oxygen atoms in total. The van der Waals surface area contributed by atoms with Gasteiger partial charge in [-0.3, -0.25) is 0 Å². The van der Waals surface area contributed by atoms with E-state index in [1.54, 1.807) is 6.07 Å². The van der Waals surface area contributed by atoms with E-state index in [-0.39, 0.29) is 23.5 Å². The highest BCUT2D eigenvalue weighted by atomic mass is 79.9. The highest BCUT2D eigenvalue weighted by molar-refractivity contribution is 9.10. The van der Waals surface area contributed by atoms with Crippen LogP contribution in [-0.2, 0) is 6.61 Å². The van der Waals surface area contributed by atoms with Crippen LogP contribution in [0.5, 0.6) is 5.75 Å². The van der Waals surface area contributed by atoms with Gasteiger partial charge in [-0.05, 0) is 24.3 Å². The Labute approximate surface area is 121 Å². The Balaban J connectivity index is 2.23. The van der Waals surface area contributed by atoms with Crippen LogP contribution in [0.25, 0.3) is 0 Å². The van der Waals surface area contributed by atoms with Crippen LogP contribution in [0.3, 0.4) is 0 Å². The lowest BCUT2D eigenvalue weighted by molar-refractivity contribution is 0.0691. The van der Waals surface area contributed by atoms with E-state index in [0.29, 0.717) is 4.47 Å². The number of hydrogen-bond donors (Lipinski definition) is 1. The lowest BCUT2D eigenvalue weighted by Gasteiger charge is -2.10. The van der Waals surface area contributed by atoms with Crippen LogP contribution >= 0.6 is 15.9 Å². The summed E-state index contributed by atoms with van der Waals surface area (Å²) in [7, 11) is 0. The first-order valence-electron chi connectivity index (χ1n) is 5.57. The lowest BCUT2D eigenvalue weighted by atomic mass is 10.2. The molecule has 0 saturated heterocycles. The number of aromatic carboxylic acids is 1. The van der Waals surface area contributed by atoms with Crippen LogP contribution in [0.15, 0.2) is 40.9 Å². The number of benzene rings is 2. The Morgan fingerprint density at radius 1 is 1.25 bits per heavy atom. The van der Waals surface area contributed by atoms with Crippen LogP contribution in [0.2, 0.25) is 0 Å². The third-order valence-electron chi connectivity index (χ3n) is 2.59. The van der Waals surface area contributed by atoms with Gasteiger partial charge in [0.25, 0.3) is 0 Å². The van der Waals surface area contributed by atoms with Crippen molar-refractivity contribution < 1.29 is 23.4 Å². The number of ether oxygens (including phenoxy) is 1. The standard InChI is InChI=1S/C14H9BrF2O3/c15-9-4-5-12(10(6-9)14(18)19)20-7-8-2-1-3-11(16)13(8)17/h1-6H,7H2,(H,18,19). The minimum atomic E-state index is -1.17. The van der Waals surface area contributed by atoms with E-state index in [2.05, 4.69) is 15.9 Å². The van der Waals surface area contributed by atoms with E-state index in [1.165, 1.54) is 24.3 Å². The summed E-state index contributed by atoms with van der Waals surface area (Å²) < 4.78 is 32.3. The maximum atomic E-state index is 13.4. The van der Waals surface area contributed by atoms with Crippen molar-refractivity contribution in [2.75, 3.05) is 0 Å². The molecular weight excluding hydrogens is 334 g/mol. The molecule has 2 aromatic rings. The summed E-state index contributed by atoms with van der Waals surface area (Å²) >= 11 is 3.15. The zero-order chi connectivity index (χ0) is 14.7. The summed E-state index contributed by atoms with van der Waals surface area (Å²) in [4.78, 5) is 11.1. The first-order chi connectivity index (χ1) is 9.49. The monoisotopic (exact) mass is 342 g/mol. The summed E-state index contributed by atoms with van der Waals surface area (Å²) in [6.45, 7) is -0.258. The van der Waals surface area contributed by atoms with E-state index >= 15 is 0 Å². The molecule has 0 aliphatic heterocycles. The number of hydrogen-bond acceptors (Lipinski definition) is 2. The van der Waals surface area contributed by atoms with Gasteiger partial charge < -0.3 is 9.84 Å². The van der Waals surface area contributed by atoms with Gasteiger partial charge >= 0.3 is 5.97 Å². The van der Waals surface area contributed by atoms with Gasteiger partial charge in [-0.1, -0.05) is 28.1 Å². The van der Waals surface area contributed by atoms with Crippen LogP contribution in [0.4, 0.5) is 8.78 Å². The third-order valence-corrected chi connectivity index (χ3v) is 3.08. The third kappa shape index (κ3) is 3.14. The van der Waals surface area contributed by atoms with Gasteiger partial charge in [0.05, 0.1) is 0 Å². The van der Waals surface area contributed by atoms with Gasteiger partial charge in [-0.15, -0.1) is 0 Å². The average molecular weight is 343 g/mol. The number of carbonyl (C=O) groups is 1. The van der Waals surface area contributed by atoms with Crippen molar-refractivity contribution in [2.24, 2.45) is 0 Å². The van der Waals surface area contributed by atoms with Crippen LogP contribution < -0.4 is 4.74 Å². The van der Waals surface area contributed by atoms with Gasteiger partial charge in [0.15, 0.2) is 11.6 Å². The van der Waals surface area contributed by atoms with Gasteiger partial charge in [0, 0.05) is 10.0 Å². The van der Waals surface area contributed by atoms with Gasteiger partial charge in [0.2, 0.25) is 0 Å². The highest BCUT2D eigenvalue weighted by Gasteiger charge is 2.13. The van der Waals surface area contributed by atoms with Crippen molar-refractivity contribution in [3.8, 4) is 5.75 Å². The molecule has 0 bridgehead atoms. The van der Waals surface area contributed by atoms with E-state index in [1.807, 2.05) is 0 Å². The number of halogens is 3. The Morgan fingerprint density at radius 3 is 2.70 bits per heavy atom. The fraction of sp³-hybridized carbons (Fsp3) is 0.0714. The van der Waals surface area contributed by atoms with E-state index in [4.69, 9.17) is 9.84 Å². The summed E-state index contributed by atoms with van der Waals surface area (Å²) in [5, 5.41) is 9.05.